The van der Waals surface area contributed by atoms with Crippen molar-refractivity contribution in [3.05, 3.63) is 46.4 Å². The minimum Gasteiger partial charge on any atom is -0.465 e. The van der Waals surface area contributed by atoms with E-state index in [2.05, 4.69) is 4.98 Å². The van der Waals surface area contributed by atoms with Crippen LogP contribution in [0.5, 0.6) is 0 Å². The van der Waals surface area contributed by atoms with Crippen molar-refractivity contribution in [1.29, 1.82) is 0 Å². The monoisotopic (exact) mass is 262 g/mol. The van der Waals surface area contributed by atoms with Crippen molar-refractivity contribution in [1.82, 2.24) is 4.98 Å². The number of hydrogen-bond donors (Lipinski definition) is 0. The highest BCUT2D eigenvalue weighted by Crippen LogP contribution is 2.22. The van der Waals surface area contributed by atoms with Crippen molar-refractivity contribution in [2.75, 3.05) is 19.1 Å². The Morgan fingerprint density at radius 1 is 1.44 bits per heavy atom. The van der Waals surface area contributed by atoms with Crippen LogP contribution in [0.2, 0.25) is 0 Å². The second-order valence-corrected chi connectivity index (χ2v) is 4.80. The number of ether oxygens (including phenoxy) is 1. The summed E-state index contributed by atoms with van der Waals surface area (Å²) in [6, 6.07) is 7.42. The van der Waals surface area contributed by atoms with Gasteiger partial charge in [-0.3, -0.25) is 4.98 Å². The first-order valence-electron chi connectivity index (χ1n) is 5.48. The first kappa shape index (κ1) is 12.6. The van der Waals surface area contributed by atoms with E-state index < -0.39 is 0 Å². The second-order valence-electron chi connectivity index (χ2n) is 3.83. The Kier molecular flexibility index (Phi) is 3.94. The molecule has 2 aromatic rings. The van der Waals surface area contributed by atoms with E-state index in [1.165, 1.54) is 7.11 Å². The summed E-state index contributed by atoms with van der Waals surface area (Å²) >= 11 is 1.60. The van der Waals surface area contributed by atoms with E-state index in [4.69, 9.17) is 4.74 Å². The molecule has 0 unspecified atom stereocenters. The molecule has 94 valence electrons. The Bertz CT molecular complexity index is 526. The normalized spacial score (nSPS) is 10.1. The largest absolute Gasteiger partial charge is 0.465 e. The Hall–Kier alpha value is -1.88. The fraction of sp³-hybridized carbons (Fsp3) is 0.231. The van der Waals surface area contributed by atoms with Crippen LogP contribution in [0.3, 0.4) is 0 Å². The average Bonchev–Trinajstić information content (AvgIpc) is 2.90. The molecule has 0 atom stereocenters. The molecule has 0 radical (unpaired) electrons. The number of carbonyl (C=O) groups excluding carboxylic acids is 1. The molecule has 1 heterocycles. The highest BCUT2D eigenvalue weighted by Gasteiger charge is 2.14. The average molecular weight is 262 g/mol. The third-order valence-corrected chi connectivity index (χ3v) is 3.36. The molecule has 4 nitrogen and oxygen atoms in total. The van der Waals surface area contributed by atoms with Crippen LogP contribution >= 0.6 is 11.3 Å². The van der Waals surface area contributed by atoms with Gasteiger partial charge in [0.1, 0.15) is 0 Å². The second kappa shape index (κ2) is 5.64. The molecular weight excluding hydrogens is 248 g/mol. The van der Waals surface area contributed by atoms with Crippen LogP contribution in [0.25, 0.3) is 0 Å². The van der Waals surface area contributed by atoms with Gasteiger partial charge in [0, 0.05) is 18.1 Å². The molecule has 5 heteroatoms. The van der Waals surface area contributed by atoms with E-state index in [1.54, 1.807) is 22.9 Å². The fourth-order valence-electron chi connectivity index (χ4n) is 1.73. The highest BCUT2D eigenvalue weighted by molar-refractivity contribution is 7.09. The lowest BCUT2D eigenvalue weighted by Crippen LogP contribution is -2.19. The molecule has 0 aliphatic rings. The Balaban J connectivity index is 2.24. The fourth-order valence-corrected chi connectivity index (χ4v) is 2.38. The number of aromatic nitrogens is 1. The van der Waals surface area contributed by atoms with Gasteiger partial charge in [0.05, 0.1) is 30.4 Å². The van der Waals surface area contributed by atoms with Gasteiger partial charge in [0.2, 0.25) is 0 Å². The summed E-state index contributed by atoms with van der Waals surface area (Å²) in [6.07, 6.45) is 1.84. The summed E-state index contributed by atoms with van der Waals surface area (Å²) in [6.45, 7) is 0.721. The van der Waals surface area contributed by atoms with Crippen molar-refractivity contribution in [2.45, 2.75) is 6.54 Å². The van der Waals surface area contributed by atoms with Gasteiger partial charge >= 0.3 is 5.97 Å². The molecule has 0 saturated heterocycles. The maximum Gasteiger partial charge on any atom is 0.339 e. The van der Waals surface area contributed by atoms with Crippen LogP contribution in [0.15, 0.2) is 36.0 Å². The number of nitrogens with zero attached hydrogens (tertiary/aromatic N) is 2. The molecular formula is C13H14N2O2S. The number of thiazole rings is 1. The van der Waals surface area contributed by atoms with Gasteiger partial charge < -0.3 is 9.64 Å². The van der Waals surface area contributed by atoms with E-state index in [9.17, 15) is 4.79 Å². The van der Waals surface area contributed by atoms with Crippen LogP contribution in [0, 0.1) is 0 Å². The van der Waals surface area contributed by atoms with Gasteiger partial charge in [-0.15, -0.1) is 11.3 Å². The van der Waals surface area contributed by atoms with Crippen LogP contribution in [-0.4, -0.2) is 25.1 Å². The van der Waals surface area contributed by atoms with E-state index in [-0.39, 0.29) is 5.97 Å². The summed E-state index contributed by atoms with van der Waals surface area (Å²) < 4.78 is 4.79. The Labute approximate surface area is 110 Å². The number of anilines is 1. The topological polar surface area (TPSA) is 42.4 Å². The molecule has 0 fully saturated rings. The van der Waals surface area contributed by atoms with Crippen LogP contribution in [-0.2, 0) is 11.3 Å². The standard InChI is InChI=1S/C13H14N2O2S/c1-15(8-10-7-14-9-18-10)12-6-4-3-5-11(12)13(16)17-2/h3-7,9H,8H2,1-2H3. The summed E-state index contributed by atoms with van der Waals surface area (Å²) in [5, 5.41) is 0. The van der Waals surface area contributed by atoms with Crippen LogP contribution < -0.4 is 4.90 Å². The first-order valence-corrected chi connectivity index (χ1v) is 6.36. The van der Waals surface area contributed by atoms with Gasteiger partial charge in [-0.25, -0.2) is 4.79 Å². The number of benzene rings is 1. The molecule has 0 saturated carbocycles. The summed E-state index contributed by atoms with van der Waals surface area (Å²) in [5.74, 6) is -0.318. The van der Waals surface area contributed by atoms with E-state index in [0.29, 0.717) is 5.56 Å². The third-order valence-electron chi connectivity index (χ3n) is 2.60. The number of rotatable bonds is 4. The zero-order valence-electron chi connectivity index (χ0n) is 10.3. The lowest BCUT2D eigenvalue weighted by Gasteiger charge is -2.20. The number of carbonyl (C=O) groups is 1. The number of para-hydroxylation sites is 1. The van der Waals surface area contributed by atoms with Crippen molar-refractivity contribution in [3.8, 4) is 0 Å². The maximum atomic E-state index is 11.7. The van der Waals surface area contributed by atoms with Gasteiger partial charge in [-0.1, -0.05) is 12.1 Å². The molecule has 0 spiro atoms. The van der Waals surface area contributed by atoms with Crippen LogP contribution in [0.1, 0.15) is 15.2 Å². The van der Waals surface area contributed by atoms with Crippen molar-refractivity contribution >= 4 is 23.0 Å². The van der Waals surface area contributed by atoms with Crippen molar-refractivity contribution in [2.24, 2.45) is 0 Å². The number of esters is 1. The molecule has 0 N–H and O–H groups in total. The molecule has 0 amide bonds. The van der Waals surface area contributed by atoms with Gasteiger partial charge in [-0.2, -0.15) is 0 Å². The molecule has 0 bridgehead atoms. The lowest BCUT2D eigenvalue weighted by atomic mass is 10.1. The minimum atomic E-state index is -0.318. The number of hydrogen-bond acceptors (Lipinski definition) is 5. The smallest absolute Gasteiger partial charge is 0.339 e. The number of methoxy groups -OCH3 is 1. The first-order chi connectivity index (χ1) is 8.72. The predicted molar refractivity (Wildman–Crippen MR) is 72.0 cm³/mol. The maximum absolute atomic E-state index is 11.7. The quantitative estimate of drug-likeness (QED) is 0.794. The Morgan fingerprint density at radius 3 is 2.89 bits per heavy atom. The van der Waals surface area contributed by atoms with E-state index in [1.807, 2.05) is 36.3 Å². The predicted octanol–water partition coefficient (Wildman–Crippen LogP) is 2.57. The van der Waals surface area contributed by atoms with Gasteiger partial charge in [-0.05, 0) is 12.1 Å². The van der Waals surface area contributed by atoms with E-state index in [0.717, 1.165) is 17.1 Å². The van der Waals surface area contributed by atoms with E-state index >= 15 is 0 Å². The summed E-state index contributed by atoms with van der Waals surface area (Å²) in [5.41, 5.74) is 3.24. The Morgan fingerprint density at radius 2 is 2.22 bits per heavy atom. The third kappa shape index (κ3) is 2.68. The molecule has 1 aromatic heterocycles. The molecule has 0 aliphatic carbocycles. The molecule has 0 aliphatic heterocycles. The van der Waals surface area contributed by atoms with Crippen molar-refractivity contribution in [3.63, 3.8) is 0 Å². The molecule has 18 heavy (non-hydrogen) atoms. The van der Waals surface area contributed by atoms with Crippen molar-refractivity contribution < 1.29 is 9.53 Å². The zero-order chi connectivity index (χ0) is 13.0. The summed E-state index contributed by atoms with van der Waals surface area (Å²) in [4.78, 5) is 18.9. The van der Waals surface area contributed by atoms with Gasteiger partial charge in [0.25, 0.3) is 0 Å². The lowest BCUT2D eigenvalue weighted by molar-refractivity contribution is 0.0601. The SMILES string of the molecule is COC(=O)c1ccccc1N(C)Cc1cncs1. The highest BCUT2D eigenvalue weighted by atomic mass is 32.1. The van der Waals surface area contributed by atoms with Gasteiger partial charge in [0.15, 0.2) is 0 Å². The molecule has 1 aromatic carbocycles. The summed E-state index contributed by atoms with van der Waals surface area (Å²) in [7, 11) is 3.34. The van der Waals surface area contributed by atoms with Crippen LogP contribution in [0.4, 0.5) is 5.69 Å². The minimum absolute atomic E-state index is 0.318. The molecule has 2 rings (SSSR count). The zero-order valence-corrected chi connectivity index (χ0v) is 11.1.